The van der Waals surface area contributed by atoms with Gasteiger partial charge in [0, 0.05) is 40.2 Å². The van der Waals surface area contributed by atoms with Gasteiger partial charge in [0.15, 0.2) is 0 Å². The van der Waals surface area contributed by atoms with E-state index in [4.69, 9.17) is 0 Å². The Morgan fingerprint density at radius 3 is 2.57 bits per heavy atom. The number of anilines is 1. The first kappa shape index (κ1) is 19.8. The van der Waals surface area contributed by atoms with Gasteiger partial charge in [-0.25, -0.2) is 4.39 Å². The number of fused-ring (bicyclic) bond motifs is 1. The molecule has 1 aromatic heterocycles. The molecule has 0 atom stereocenters. The minimum Gasteiger partial charge on any atom is -0.322 e. The maximum atomic E-state index is 14.7. The number of rotatable bonds is 4. The fraction of sp³-hybridized carbons (Fsp3) is 0.154. The fourth-order valence-corrected chi connectivity index (χ4v) is 3.81. The number of carbonyl (C=O) groups is 1. The Balaban J connectivity index is 1.72. The maximum absolute atomic E-state index is 14.7. The molecule has 0 bridgehead atoms. The second-order valence-electron chi connectivity index (χ2n) is 7.73. The van der Waals surface area contributed by atoms with Crippen LogP contribution in [0.3, 0.4) is 0 Å². The summed E-state index contributed by atoms with van der Waals surface area (Å²) in [6.07, 6.45) is 3.39. The first-order chi connectivity index (χ1) is 14.5. The molecule has 150 valence electrons. The highest BCUT2D eigenvalue weighted by molar-refractivity contribution is 6.06. The summed E-state index contributed by atoms with van der Waals surface area (Å²) in [6.45, 7) is 6.25. The standard InChI is InChI=1S/C26H23FN2O/c1-16(2)20-9-6-10-25(17(20)3)29-26(30)18-11-12-24(27)22(13-18)23-15-28-14-19-7-4-5-8-21(19)23/h4-16H,1-3H3,(H,29,30). The van der Waals surface area contributed by atoms with E-state index in [1.54, 1.807) is 18.5 Å². The van der Waals surface area contributed by atoms with Crippen LogP contribution in [0.25, 0.3) is 21.9 Å². The number of hydrogen-bond acceptors (Lipinski definition) is 2. The monoisotopic (exact) mass is 398 g/mol. The lowest BCUT2D eigenvalue weighted by atomic mass is 9.96. The van der Waals surface area contributed by atoms with Crippen molar-refractivity contribution < 1.29 is 9.18 Å². The Morgan fingerprint density at radius 2 is 1.77 bits per heavy atom. The average molecular weight is 398 g/mol. The smallest absolute Gasteiger partial charge is 0.255 e. The van der Waals surface area contributed by atoms with Crippen molar-refractivity contribution in [3.63, 3.8) is 0 Å². The maximum Gasteiger partial charge on any atom is 0.255 e. The highest BCUT2D eigenvalue weighted by Gasteiger charge is 2.15. The SMILES string of the molecule is Cc1c(NC(=O)c2ccc(F)c(-c3cncc4ccccc34)c2)cccc1C(C)C. The molecule has 4 aromatic rings. The lowest BCUT2D eigenvalue weighted by Crippen LogP contribution is -2.14. The third kappa shape index (κ3) is 3.69. The van der Waals surface area contributed by atoms with Crippen molar-refractivity contribution in [3.05, 3.63) is 95.6 Å². The Hall–Kier alpha value is -3.53. The van der Waals surface area contributed by atoms with Crippen molar-refractivity contribution in [1.29, 1.82) is 0 Å². The molecule has 0 saturated carbocycles. The molecule has 4 heteroatoms. The second-order valence-corrected chi connectivity index (χ2v) is 7.73. The van der Waals surface area contributed by atoms with Gasteiger partial charge in [-0.05, 0) is 53.6 Å². The highest BCUT2D eigenvalue weighted by atomic mass is 19.1. The third-order valence-corrected chi connectivity index (χ3v) is 5.43. The minimum atomic E-state index is -0.386. The Bertz CT molecular complexity index is 1240. The Kier molecular flexibility index (Phi) is 5.32. The van der Waals surface area contributed by atoms with E-state index in [0.29, 0.717) is 22.6 Å². The summed E-state index contributed by atoms with van der Waals surface area (Å²) in [6, 6.07) is 18.0. The molecule has 4 rings (SSSR count). The molecular formula is C26H23FN2O. The molecule has 3 aromatic carbocycles. The molecule has 0 fully saturated rings. The second kappa shape index (κ2) is 8.07. The van der Waals surface area contributed by atoms with Crippen molar-refractivity contribution in [1.82, 2.24) is 4.98 Å². The van der Waals surface area contributed by atoms with E-state index in [-0.39, 0.29) is 11.7 Å². The number of carbonyl (C=O) groups excluding carboxylic acids is 1. The van der Waals surface area contributed by atoms with E-state index in [0.717, 1.165) is 22.0 Å². The predicted molar refractivity (Wildman–Crippen MR) is 120 cm³/mol. The lowest BCUT2D eigenvalue weighted by molar-refractivity contribution is 0.102. The number of halogens is 1. The van der Waals surface area contributed by atoms with Crippen LogP contribution in [0.4, 0.5) is 10.1 Å². The summed E-state index contributed by atoms with van der Waals surface area (Å²) < 4.78 is 14.7. The zero-order valence-corrected chi connectivity index (χ0v) is 17.2. The van der Waals surface area contributed by atoms with Gasteiger partial charge in [-0.15, -0.1) is 0 Å². The number of pyridine rings is 1. The van der Waals surface area contributed by atoms with Gasteiger partial charge in [-0.2, -0.15) is 0 Å². The number of benzene rings is 3. The first-order valence-corrected chi connectivity index (χ1v) is 9.99. The van der Waals surface area contributed by atoms with Gasteiger partial charge in [-0.3, -0.25) is 9.78 Å². The van der Waals surface area contributed by atoms with Crippen molar-refractivity contribution >= 4 is 22.4 Å². The van der Waals surface area contributed by atoms with Crippen molar-refractivity contribution in [3.8, 4) is 11.1 Å². The highest BCUT2D eigenvalue weighted by Crippen LogP contribution is 2.31. The predicted octanol–water partition coefficient (Wildman–Crippen LogP) is 6.73. The largest absolute Gasteiger partial charge is 0.322 e. The zero-order valence-electron chi connectivity index (χ0n) is 17.2. The molecule has 0 spiro atoms. The summed E-state index contributed by atoms with van der Waals surface area (Å²) in [7, 11) is 0. The minimum absolute atomic E-state index is 0.270. The van der Waals surface area contributed by atoms with Gasteiger partial charge in [0.05, 0.1) is 0 Å². The average Bonchev–Trinajstić information content (AvgIpc) is 2.75. The van der Waals surface area contributed by atoms with Crippen LogP contribution in [0.1, 0.15) is 41.3 Å². The zero-order chi connectivity index (χ0) is 21.3. The quantitative estimate of drug-likeness (QED) is 0.414. The van der Waals surface area contributed by atoms with Crippen LogP contribution in [-0.4, -0.2) is 10.9 Å². The first-order valence-electron chi connectivity index (χ1n) is 9.99. The van der Waals surface area contributed by atoms with Crippen LogP contribution in [0.5, 0.6) is 0 Å². The number of nitrogens with zero attached hydrogens (tertiary/aromatic N) is 1. The van der Waals surface area contributed by atoms with Crippen molar-refractivity contribution in [2.24, 2.45) is 0 Å². The van der Waals surface area contributed by atoms with E-state index < -0.39 is 0 Å². The number of aromatic nitrogens is 1. The molecular weight excluding hydrogens is 375 g/mol. The molecule has 0 aliphatic carbocycles. The molecule has 1 N–H and O–H groups in total. The lowest BCUT2D eigenvalue weighted by Gasteiger charge is -2.15. The molecule has 0 unspecified atom stereocenters. The molecule has 0 radical (unpaired) electrons. The van der Waals surface area contributed by atoms with Crippen LogP contribution >= 0.6 is 0 Å². The Labute approximate surface area is 175 Å². The van der Waals surface area contributed by atoms with E-state index in [2.05, 4.69) is 30.2 Å². The molecule has 1 amide bonds. The normalized spacial score (nSPS) is 11.1. The van der Waals surface area contributed by atoms with Gasteiger partial charge in [0.2, 0.25) is 0 Å². The molecule has 30 heavy (non-hydrogen) atoms. The van der Waals surface area contributed by atoms with Gasteiger partial charge >= 0.3 is 0 Å². The molecule has 0 aliphatic rings. The van der Waals surface area contributed by atoms with Gasteiger partial charge in [0.25, 0.3) is 5.91 Å². The van der Waals surface area contributed by atoms with Crippen molar-refractivity contribution in [2.45, 2.75) is 26.7 Å². The molecule has 3 nitrogen and oxygen atoms in total. The van der Waals surface area contributed by atoms with Crippen LogP contribution in [0.15, 0.2) is 73.1 Å². The van der Waals surface area contributed by atoms with Crippen LogP contribution < -0.4 is 5.32 Å². The van der Waals surface area contributed by atoms with Gasteiger partial charge in [0.1, 0.15) is 5.82 Å². The summed E-state index contributed by atoms with van der Waals surface area (Å²) in [5, 5.41) is 4.79. The van der Waals surface area contributed by atoms with Gasteiger partial charge < -0.3 is 5.32 Å². The van der Waals surface area contributed by atoms with E-state index >= 15 is 0 Å². The summed E-state index contributed by atoms with van der Waals surface area (Å²) in [4.78, 5) is 17.2. The Morgan fingerprint density at radius 1 is 0.967 bits per heavy atom. The van der Waals surface area contributed by atoms with E-state index in [9.17, 15) is 9.18 Å². The summed E-state index contributed by atoms with van der Waals surface area (Å²) in [5.41, 5.74) is 4.42. The van der Waals surface area contributed by atoms with Crippen molar-refractivity contribution in [2.75, 3.05) is 5.32 Å². The van der Waals surface area contributed by atoms with E-state index in [1.165, 1.54) is 17.7 Å². The summed E-state index contributed by atoms with van der Waals surface area (Å²) in [5.74, 6) is -0.297. The molecule has 1 heterocycles. The van der Waals surface area contributed by atoms with Crippen LogP contribution in [0.2, 0.25) is 0 Å². The number of nitrogens with one attached hydrogen (secondary N) is 1. The van der Waals surface area contributed by atoms with Crippen LogP contribution in [-0.2, 0) is 0 Å². The summed E-state index contributed by atoms with van der Waals surface area (Å²) >= 11 is 0. The van der Waals surface area contributed by atoms with E-state index in [1.807, 2.05) is 43.3 Å². The number of hydrogen-bond donors (Lipinski definition) is 1. The number of amides is 1. The fourth-order valence-electron chi connectivity index (χ4n) is 3.81. The third-order valence-electron chi connectivity index (χ3n) is 5.43. The molecule has 0 aliphatic heterocycles. The molecule has 0 saturated heterocycles. The van der Waals surface area contributed by atoms with Crippen LogP contribution in [0, 0.1) is 12.7 Å². The van der Waals surface area contributed by atoms with Gasteiger partial charge in [-0.1, -0.05) is 50.2 Å². The topological polar surface area (TPSA) is 42.0 Å².